The second kappa shape index (κ2) is 11.1. The third-order valence-corrected chi connectivity index (χ3v) is 6.88. The van der Waals surface area contributed by atoms with Crippen LogP contribution in [0.2, 0.25) is 0 Å². The summed E-state index contributed by atoms with van der Waals surface area (Å²) in [5, 5.41) is 10.3. The summed E-state index contributed by atoms with van der Waals surface area (Å²) in [6.45, 7) is 7.47. The third kappa shape index (κ3) is 5.04. The van der Waals surface area contributed by atoms with Gasteiger partial charge in [-0.05, 0) is 57.5 Å². The topological polar surface area (TPSA) is 109 Å². The SMILES string of the molecule is CCOC(=O)C1=C(C)N=c2s/c(=C/c3cc(OC)c(O)c(OC)c3)c(=O)n2[C@@H]1c1ccccc1OC(C)C. The number of methoxy groups -OCH3 is 2. The number of nitrogens with zero attached hydrogens (tertiary/aromatic N) is 2. The Bertz CT molecular complexity index is 1560. The Morgan fingerprint density at radius 3 is 2.42 bits per heavy atom. The number of esters is 1. The molecular formula is C28H30N2O7S. The standard InChI is InChI=1S/C28H30N2O7S/c1-7-36-27(33)23-16(4)29-28-30(24(23)18-10-8-9-11-19(18)37-15(2)3)26(32)22(38-28)14-17-12-20(34-5)25(31)21(13-17)35-6/h8-15,24,31H,7H2,1-6H3/b22-14+/t24-/m1/s1. The maximum Gasteiger partial charge on any atom is 0.338 e. The number of thiazole rings is 1. The van der Waals surface area contributed by atoms with Crippen molar-refractivity contribution in [3.8, 4) is 23.0 Å². The number of aromatic nitrogens is 1. The van der Waals surface area contributed by atoms with Gasteiger partial charge in [-0.3, -0.25) is 9.36 Å². The smallest absolute Gasteiger partial charge is 0.338 e. The van der Waals surface area contributed by atoms with Crippen molar-refractivity contribution in [3.05, 3.63) is 78.5 Å². The quantitative estimate of drug-likeness (QED) is 0.439. The van der Waals surface area contributed by atoms with Crippen molar-refractivity contribution in [2.45, 2.75) is 39.8 Å². The molecule has 0 saturated carbocycles. The molecule has 2 aromatic carbocycles. The zero-order valence-corrected chi connectivity index (χ0v) is 22.9. The lowest BCUT2D eigenvalue weighted by molar-refractivity contribution is -0.139. The molecule has 0 radical (unpaired) electrons. The van der Waals surface area contributed by atoms with Gasteiger partial charge in [-0.15, -0.1) is 0 Å². The van der Waals surface area contributed by atoms with E-state index in [0.717, 1.165) is 0 Å². The number of hydrogen-bond acceptors (Lipinski definition) is 9. The predicted molar refractivity (Wildman–Crippen MR) is 144 cm³/mol. The molecule has 4 rings (SSSR count). The van der Waals surface area contributed by atoms with E-state index in [2.05, 4.69) is 4.99 Å². The predicted octanol–water partition coefficient (Wildman–Crippen LogP) is 3.31. The lowest BCUT2D eigenvalue weighted by Gasteiger charge is -2.26. The van der Waals surface area contributed by atoms with E-state index in [0.29, 0.717) is 31.9 Å². The Morgan fingerprint density at radius 1 is 1.16 bits per heavy atom. The van der Waals surface area contributed by atoms with Crippen molar-refractivity contribution in [1.82, 2.24) is 4.57 Å². The van der Waals surface area contributed by atoms with E-state index >= 15 is 0 Å². The second-order valence-corrected chi connectivity index (χ2v) is 9.79. The molecule has 1 N–H and O–H groups in total. The Balaban J connectivity index is 1.98. The second-order valence-electron chi connectivity index (χ2n) is 8.78. The molecule has 1 aromatic heterocycles. The van der Waals surface area contributed by atoms with E-state index < -0.39 is 12.0 Å². The highest BCUT2D eigenvalue weighted by Crippen LogP contribution is 2.38. The zero-order chi connectivity index (χ0) is 27.6. The fraction of sp³-hybridized carbons (Fsp3) is 0.321. The van der Waals surface area contributed by atoms with E-state index in [9.17, 15) is 14.7 Å². The van der Waals surface area contributed by atoms with Gasteiger partial charge in [0.05, 0.1) is 42.7 Å². The number of benzene rings is 2. The van der Waals surface area contributed by atoms with E-state index in [1.807, 2.05) is 38.1 Å². The van der Waals surface area contributed by atoms with Gasteiger partial charge in [-0.2, -0.15) is 0 Å². The van der Waals surface area contributed by atoms with Crippen LogP contribution in [0.4, 0.5) is 0 Å². The molecule has 38 heavy (non-hydrogen) atoms. The minimum absolute atomic E-state index is 0.123. The normalized spacial score (nSPS) is 15.2. The fourth-order valence-electron chi connectivity index (χ4n) is 4.30. The van der Waals surface area contributed by atoms with Crippen molar-refractivity contribution < 1.29 is 28.8 Å². The molecule has 0 amide bonds. The van der Waals surface area contributed by atoms with Crippen LogP contribution >= 0.6 is 11.3 Å². The number of carbonyl (C=O) groups is 1. The summed E-state index contributed by atoms with van der Waals surface area (Å²) in [5.74, 6) is 0.306. The van der Waals surface area contributed by atoms with E-state index in [1.165, 1.54) is 30.1 Å². The summed E-state index contributed by atoms with van der Waals surface area (Å²) in [6.07, 6.45) is 1.55. The van der Waals surface area contributed by atoms with Crippen LogP contribution in [0, 0.1) is 0 Å². The molecule has 1 aliphatic rings. The van der Waals surface area contributed by atoms with Gasteiger partial charge >= 0.3 is 5.97 Å². The van der Waals surface area contributed by atoms with Crippen molar-refractivity contribution in [1.29, 1.82) is 0 Å². The average Bonchev–Trinajstić information content (AvgIpc) is 3.18. The Hall–Kier alpha value is -4.05. The van der Waals surface area contributed by atoms with E-state index in [-0.39, 0.29) is 41.1 Å². The molecule has 0 aliphatic carbocycles. The number of phenolic OH excluding ortho intramolecular Hbond substituents is 1. The number of phenols is 1. The molecule has 1 atom stereocenters. The number of hydrogen-bond donors (Lipinski definition) is 1. The highest BCUT2D eigenvalue weighted by Gasteiger charge is 2.35. The van der Waals surface area contributed by atoms with E-state index in [4.69, 9.17) is 18.9 Å². The van der Waals surface area contributed by atoms with Gasteiger partial charge in [-0.25, -0.2) is 9.79 Å². The molecule has 1 aliphatic heterocycles. The number of fused-ring (bicyclic) bond motifs is 1. The van der Waals surface area contributed by atoms with Crippen molar-refractivity contribution in [2.24, 2.45) is 4.99 Å². The summed E-state index contributed by atoms with van der Waals surface area (Å²) in [5.41, 5.74) is 1.65. The van der Waals surface area contributed by atoms with Gasteiger partial charge in [0.25, 0.3) is 5.56 Å². The largest absolute Gasteiger partial charge is 0.502 e. The highest BCUT2D eigenvalue weighted by molar-refractivity contribution is 7.07. The highest BCUT2D eigenvalue weighted by atomic mass is 32.1. The Morgan fingerprint density at radius 2 is 1.82 bits per heavy atom. The molecule has 0 bridgehead atoms. The van der Waals surface area contributed by atoms with Gasteiger partial charge in [0.2, 0.25) is 5.75 Å². The Kier molecular flexibility index (Phi) is 7.91. The van der Waals surface area contributed by atoms with Gasteiger partial charge in [0, 0.05) is 5.56 Å². The van der Waals surface area contributed by atoms with Crippen LogP contribution < -0.4 is 29.1 Å². The third-order valence-electron chi connectivity index (χ3n) is 5.89. The van der Waals surface area contributed by atoms with Crippen molar-refractivity contribution in [2.75, 3.05) is 20.8 Å². The number of allylic oxidation sites excluding steroid dienone is 1. The first-order valence-corrected chi connectivity index (χ1v) is 12.9. The molecule has 0 unspecified atom stereocenters. The molecule has 9 nitrogen and oxygen atoms in total. The monoisotopic (exact) mass is 538 g/mol. The average molecular weight is 539 g/mol. The van der Waals surface area contributed by atoms with Gasteiger partial charge in [0.15, 0.2) is 16.3 Å². The van der Waals surface area contributed by atoms with Crippen LogP contribution in [0.5, 0.6) is 23.0 Å². The molecule has 2 heterocycles. The lowest BCUT2D eigenvalue weighted by Crippen LogP contribution is -2.40. The molecule has 3 aromatic rings. The first-order chi connectivity index (χ1) is 18.2. The summed E-state index contributed by atoms with van der Waals surface area (Å²) in [4.78, 5) is 32.1. The summed E-state index contributed by atoms with van der Waals surface area (Å²) < 4.78 is 23.8. The minimum atomic E-state index is -0.800. The Labute approximate surface area is 223 Å². The number of para-hydroxylation sites is 1. The molecule has 0 saturated heterocycles. The first-order valence-electron chi connectivity index (χ1n) is 12.1. The lowest BCUT2D eigenvalue weighted by atomic mass is 9.95. The summed E-state index contributed by atoms with van der Waals surface area (Å²) >= 11 is 1.19. The van der Waals surface area contributed by atoms with Crippen LogP contribution in [0.1, 0.15) is 44.9 Å². The van der Waals surface area contributed by atoms with Crippen molar-refractivity contribution >= 4 is 23.4 Å². The molecule has 0 spiro atoms. The van der Waals surface area contributed by atoms with Crippen LogP contribution in [-0.4, -0.2) is 42.6 Å². The van der Waals surface area contributed by atoms with Crippen molar-refractivity contribution in [3.63, 3.8) is 0 Å². The molecule has 200 valence electrons. The first kappa shape index (κ1) is 27.0. The van der Waals surface area contributed by atoms with Crippen LogP contribution in [0.3, 0.4) is 0 Å². The minimum Gasteiger partial charge on any atom is -0.502 e. The van der Waals surface area contributed by atoms with E-state index in [1.54, 1.807) is 32.1 Å². The summed E-state index contributed by atoms with van der Waals surface area (Å²) in [6, 6.07) is 9.75. The maximum absolute atomic E-state index is 13.9. The number of rotatable bonds is 8. The fourth-order valence-corrected chi connectivity index (χ4v) is 5.35. The van der Waals surface area contributed by atoms with Gasteiger partial charge < -0.3 is 24.1 Å². The van der Waals surface area contributed by atoms with Crippen LogP contribution in [0.25, 0.3) is 6.08 Å². The number of aromatic hydroxyl groups is 1. The van der Waals surface area contributed by atoms with Crippen LogP contribution in [-0.2, 0) is 9.53 Å². The summed E-state index contributed by atoms with van der Waals surface area (Å²) in [7, 11) is 2.87. The molecule has 0 fully saturated rings. The van der Waals surface area contributed by atoms with Gasteiger partial charge in [0.1, 0.15) is 11.8 Å². The zero-order valence-electron chi connectivity index (χ0n) is 22.1. The molecule has 10 heteroatoms. The van der Waals surface area contributed by atoms with Crippen LogP contribution in [0.15, 0.2) is 57.5 Å². The maximum atomic E-state index is 13.9. The number of carbonyl (C=O) groups excluding carboxylic acids is 1. The van der Waals surface area contributed by atoms with Gasteiger partial charge in [-0.1, -0.05) is 29.5 Å². The molecular weight excluding hydrogens is 508 g/mol. The number of ether oxygens (including phenoxy) is 4.